The Morgan fingerprint density at radius 2 is 1.88 bits per heavy atom. The van der Waals surface area contributed by atoms with Gasteiger partial charge >= 0.3 is 0 Å². The summed E-state index contributed by atoms with van der Waals surface area (Å²) >= 11 is 0. The number of sulfonamides is 1. The monoisotopic (exact) mass is 381 g/mol. The van der Waals surface area contributed by atoms with Gasteiger partial charge in [0.1, 0.15) is 0 Å². The van der Waals surface area contributed by atoms with E-state index in [4.69, 9.17) is 10.5 Å². The van der Waals surface area contributed by atoms with Gasteiger partial charge in [0.25, 0.3) is 0 Å². The first kappa shape index (κ1) is 19.3. The highest BCUT2D eigenvalue weighted by atomic mass is 32.2. The Morgan fingerprint density at radius 1 is 1.19 bits per heavy atom. The predicted molar refractivity (Wildman–Crippen MR) is 99.2 cm³/mol. The maximum atomic E-state index is 12.8. The molecule has 0 spiro atoms. The van der Waals surface area contributed by atoms with Gasteiger partial charge in [-0.1, -0.05) is 12.5 Å². The van der Waals surface area contributed by atoms with Crippen LogP contribution in [0.25, 0.3) is 0 Å². The topological polar surface area (TPSA) is 102 Å². The fourth-order valence-corrected chi connectivity index (χ4v) is 5.10. The van der Waals surface area contributed by atoms with E-state index >= 15 is 0 Å². The van der Waals surface area contributed by atoms with Crippen LogP contribution in [-0.2, 0) is 19.6 Å². The third-order valence-corrected chi connectivity index (χ3v) is 7.26. The van der Waals surface area contributed by atoms with Crippen LogP contribution in [0.1, 0.15) is 32.1 Å². The van der Waals surface area contributed by atoms with Crippen molar-refractivity contribution < 1.29 is 17.9 Å². The molecule has 1 aromatic carbocycles. The molecule has 1 aromatic rings. The van der Waals surface area contributed by atoms with E-state index in [1.165, 1.54) is 10.4 Å². The van der Waals surface area contributed by atoms with Crippen molar-refractivity contribution in [1.29, 1.82) is 0 Å². The van der Waals surface area contributed by atoms with E-state index in [1.807, 2.05) is 0 Å². The van der Waals surface area contributed by atoms with Crippen LogP contribution in [0.15, 0.2) is 29.2 Å². The van der Waals surface area contributed by atoms with Crippen LogP contribution >= 0.6 is 0 Å². The van der Waals surface area contributed by atoms with Gasteiger partial charge in [0.15, 0.2) is 0 Å². The summed E-state index contributed by atoms with van der Waals surface area (Å²) in [5, 5.41) is 2.86. The summed E-state index contributed by atoms with van der Waals surface area (Å²) in [6.07, 6.45) is 3.97. The minimum atomic E-state index is -3.53. The normalized spacial score (nSPS) is 21.3. The third kappa shape index (κ3) is 3.93. The smallest absolute Gasteiger partial charge is 0.243 e. The zero-order valence-electron chi connectivity index (χ0n) is 14.9. The number of carbonyl (C=O) groups is 1. The lowest BCUT2D eigenvalue weighted by Crippen LogP contribution is -2.46. The zero-order valence-corrected chi connectivity index (χ0v) is 15.8. The summed E-state index contributed by atoms with van der Waals surface area (Å²) in [6, 6.07) is 6.47. The molecule has 2 heterocycles. The summed E-state index contributed by atoms with van der Waals surface area (Å²) in [5.74, 6) is -0.171. The van der Waals surface area contributed by atoms with E-state index in [1.54, 1.807) is 18.2 Å². The van der Waals surface area contributed by atoms with Crippen molar-refractivity contribution in [3.05, 3.63) is 24.3 Å². The van der Waals surface area contributed by atoms with Gasteiger partial charge in [-0.25, -0.2) is 8.42 Å². The number of nitrogens with two attached hydrogens (primary N) is 1. The van der Waals surface area contributed by atoms with Gasteiger partial charge < -0.3 is 15.8 Å². The van der Waals surface area contributed by atoms with E-state index in [0.717, 1.165) is 19.3 Å². The quantitative estimate of drug-likeness (QED) is 0.806. The number of amides is 1. The van der Waals surface area contributed by atoms with Crippen LogP contribution in [0.4, 0.5) is 5.69 Å². The minimum Gasteiger partial charge on any atom is -0.381 e. The largest absolute Gasteiger partial charge is 0.381 e. The molecule has 3 rings (SSSR count). The van der Waals surface area contributed by atoms with Crippen LogP contribution in [-0.4, -0.2) is 51.5 Å². The molecule has 0 aromatic heterocycles. The van der Waals surface area contributed by atoms with Crippen molar-refractivity contribution in [2.45, 2.75) is 37.0 Å². The number of benzene rings is 1. The fourth-order valence-electron chi connectivity index (χ4n) is 3.54. The van der Waals surface area contributed by atoms with E-state index in [2.05, 4.69) is 5.32 Å². The molecule has 26 heavy (non-hydrogen) atoms. The van der Waals surface area contributed by atoms with E-state index in [-0.39, 0.29) is 17.3 Å². The van der Waals surface area contributed by atoms with Crippen molar-refractivity contribution in [2.24, 2.45) is 11.1 Å². The van der Waals surface area contributed by atoms with Crippen LogP contribution in [0.3, 0.4) is 0 Å². The maximum Gasteiger partial charge on any atom is 0.243 e. The minimum absolute atomic E-state index is 0.171. The number of hydrogen-bond donors (Lipinski definition) is 2. The number of piperidine rings is 1. The number of ether oxygens (including phenoxy) is 1. The second-order valence-corrected chi connectivity index (χ2v) is 8.98. The van der Waals surface area contributed by atoms with Gasteiger partial charge in [0.2, 0.25) is 15.9 Å². The van der Waals surface area contributed by atoms with Crippen molar-refractivity contribution in [2.75, 3.05) is 38.2 Å². The summed E-state index contributed by atoms with van der Waals surface area (Å²) in [4.78, 5) is 13.0. The lowest BCUT2D eigenvalue weighted by molar-refractivity contribution is -0.130. The molecule has 0 atom stereocenters. The SMILES string of the molecule is NCC1(C(=O)Nc2cccc(S(=O)(=O)N3CCCCC3)c2)CCOCC1. The Labute approximate surface area is 154 Å². The highest BCUT2D eigenvalue weighted by Gasteiger charge is 2.39. The molecular formula is C18H27N3O4S. The summed E-state index contributed by atoms with van der Waals surface area (Å²) in [5.41, 5.74) is 5.70. The average molecular weight is 381 g/mol. The van der Waals surface area contributed by atoms with Crippen LogP contribution in [0.2, 0.25) is 0 Å². The first-order valence-electron chi connectivity index (χ1n) is 9.17. The molecule has 2 saturated heterocycles. The summed E-state index contributed by atoms with van der Waals surface area (Å²) < 4.78 is 32.5. The molecule has 2 fully saturated rings. The van der Waals surface area contributed by atoms with Crippen LogP contribution in [0.5, 0.6) is 0 Å². The van der Waals surface area contributed by atoms with Gasteiger partial charge in [0.05, 0.1) is 10.3 Å². The molecule has 0 unspecified atom stereocenters. The molecule has 0 aliphatic carbocycles. The molecule has 144 valence electrons. The van der Waals surface area contributed by atoms with E-state index < -0.39 is 15.4 Å². The lowest BCUT2D eigenvalue weighted by Gasteiger charge is -2.34. The van der Waals surface area contributed by atoms with Crippen LogP contribution in [0, 0.1) is 5.41 Å². The number of rotatable bonds is 5. The lowest BCUT2D eigenvalue weighted by atomic mass is 9.79. The van der Waals surface area contributed by atoms with Gasteiger partial charge in [-0.15, -0.1) is 0 Å². The van der Waals surface area contributed by atoms with Crippen molar-refractivity contribution in [3.63, 3.8) is 0 Å². The third-order valence-electron chi connectivity index (χ3n) is 5.37. The second-order valence-electron chi connectivity index (χ2n) is 7.04. The maximum absolute atomic E-state index is 12.8. The number of nitrogens with zero attached hydrogens (tertiary/aromatic N) is 1. The van der Waals surface area contributed by atoms with Crippen molar-refractivity contribution >= 4 is 21.6 Å². The van der Waals surface area contributed by atoms with Crippen molar-refractivity contribution in [3.8, 4) is 0 Å². The molecule has 8 heteroatoms. The van der Waals surface area contributed by atoms with Gasteiger partial charge in [-0.2, -0.15) is 4.31 Å². The molecule has 0 radical (unpaired) electrons. The molecule has 1 amide bonds. The van der Waals surface area contributed by atoms with E-state index in [0.29, 0.717) is 44.8 Å². The highest BCUT2D eigenvalue weighted by Crippen LogP contribution is 2.31. The molecule has 0 saturated carbocycles. The molecule has 2 aliphatic rings. The zero-order chi connectivity index (χ0) is 18.6. The Bertz CT molecular complexity index is 739. The number of hydrogen-bond acceptors (Lipinski definition) is 5. The number of anilines is 1. The Balaban J connectivity index is 1.77. The predicted octanol–water partition coefficient (Wildman–Crippen LogP) is 1.56. The molecular weight excluding hydrogens is 354 g/mol. The second kappa shape index (κ2) is 8.04. The van der Waals surface area contributed by atoms with Gasteiger partial charge in [-0.05, 0) is 43.9 Å². The van der Waals surface area contributed by atoms with Crippen molar-refractivity contribution in [1.82, 2.24) is 4.31 Å². The summed E-state index contributed by atoms with van der Waals surface area (Å²) in [7, 11) is -3.53. The standard InChI is InChI=1S/C18H27N3O4S/c19-14-18(7-11-25-12-8-18)17(22)20-15-5-4-6-16(13-15)26(23,24)21-9-2-1-3-10-21/h4-6,13H,1-3,7-12,14,19H2,(H,20,22). The Morgan fingerprint density at radius 3 is 2.54 bits per heavy atom. The molecule has 0 bridgehead atoms. The highest BCUT2D eigenvalue weighted by molar-refractivity contribution is 7.89. The average Bonchev–Trinajstić information content (AvgIpc) is 2.69. The van der Waals surface area contributed by atoms with Gasteiger partial charge in [-0.3, -0.25) is 4.79 Å². The fraction of sp³-hybridized carbons (Fsp3) is 0.611. The Kier molecular flexibility index (Phi) is 5.96. The Hall–Kier alpha value is -1.48. The van der Waals surface area contributed by atoms with Gasteiger partial charge in [0, 0.05) is 38.5 Å². The summed E-state index contributed by atoms with van der Waals surface area (Å²) in [6.45, 7) is 2.36. The molecule has 3 N–H and O–H groups in total. The molecule has 7 nitrogen and oxygen atoms in total. The first-order valence-corrected chi connectivity index (χ1v) is 10.6. The van der Waals surface area contributed by atoms with Crippen LogP contribution < -0.4 is 11.1 Å². The molecule has 2 aliphatic heterocycles. The number of nitrogens with one attached hydrogen (secondary N) is 1. The number of carbonyl (C=O) groups excluding carboxylic acids is 1. The first-order chi connectivity index (χ1) is 12.5. The van der Waals surface area contributed by atoms with E-state index in [9.17, 15) is 13.2 Å².